The van der Waals surface area contributed by atoms with Gasteiger partial charge in [0.1, 0.15) is 13.2 Å². The Morgan fingerprint density at radius 3 is 0.795 bits per heavy atom. The fraction of sp³-hybridized carbons (Fsp3) is 0.653. The minimum absolute atomic E-state index is 0.0929. The largest absolute Gasteiger partial charge is 0.462 e. The van der Waals surface area contributed by atoms with Crippen LogP contribution in [-0.4, -0.2) is 37.2 Å². The van der Waals surface area contributed by atoms with E-state index in [9.17, 15) is 14.4 Å². The predicted molar refractivity (Wildman–Crippen MR) is 339 cm³/mol. The standard InChI is InChI=1S/C72H118O6/c1-4-7-10-13-16-19-22-25-27-29-30-31-32-33-34-35-36-37-38-39-40-41-42-44-45-47-50-53-56-59-62-65-71(74)77-68-69(67-76-70(73)64-61-58-55-52-49-24-21-18-15-12-9-6-3)78-72(75)66-63-60-57-54-51-48-46-43-28-26-23-20-17-14-11-8-5-2/h7,10,16-21,25-28,30-31,33-34,36-37,39-40,42,44,69H,4-6,8-9,11-15,22-24,29,32,35,38,41,43,45-68H2,1-3H3/b10-7-,19-16-,20-17-,21-18-,27-25-,28-26-,31-30-,34-33-,37-36-,40-39-,44-42-. The Kier molecular flexibility index (Phi) is 61.4. The van der Waals surface area contributed by atoms with Gasteiger partial charge in [0, 0.05) is 19.3 Å². The normalized spacial score (nSPS) is 13.0. The molecule has 0 rings (SSSR count). The Hall–Kier alpha value is -4.45. The predicted octanol–water partition coefficient (Wildman–Crippen LogP) is 22.2. The summed E-state index contributed by atoms with van der Waals surface area (Å²) < 4.78 is 16.9. The van der Waals surface area contributed by atoms with Crippen molar-refractivity contribution in [2.24, 2.45) is 0 Å². The number of hydrogen-bond acceptors (Lipinski definition) is 6. The van der Waals surface area contributed by atoms with Crippen molar-refractivity contribution in [1.29, 1.82) is 0 Å². The van der Waals surface area contributed by atoms with Crippen molar-refractivity contribution >= 4 is 17.9 Å². The summed E-state index contributed by atoms with van der Waals surface area (Å²) in [5.74, 6) is -0.923. The number of unbranched alkanes of at least 4 members (excludes halogenated alkanes) is 24. The fourth-order valence-corrected chi connectivity index (χ4v) is 8.54. The van der Waals surface area contributed by atoms with Gasteiger partial charge in [0.2, 0.25) is 0 Å². The highest BCUT2D eigenvalue weighted by molar-refractivity contribution is 5.71. The summed E-state index contributed by atoms with van der Waals surface area (Å²) in [6.07, 6.45) is 91.7. The smallest absolute Gasteiger partial charge is 0.306 e. The molecule has 0 saturated carbocycles. The van der Waals surface area contributed by atoms with Gasteiger partial charge in [-0.05, 0) is 141 Å². The van der Waals surface area contributed by atoms with E-state index in [0.29, 0.717) is 19.3 Å². The SMILES string of the molecule is CC/C=C\C/C=C\C/C=C\C/C=C\C/C=C\C/C=C\C/C=C\C/C=C\CCCCCCCCC(=O)OCC(COC(=O)CCCCCCC/C=C\CCCCC)OC(=O)CCCCCCCCC/C=C\C/C=C\CCCCC. The van der Waals surface area contributed by atoms with E-state index in [1.807, 2.05) is 0 Å². The Morgan fingerprint density at radius 2 is 0.500 bits per heavy atom. The lowest BCUT2D eigenvalue weighted by atomic mass is 10.1. The van der Waals surface area contributed by atoms with Crippen LogP contribution in [0, 0.1) is 0 Å². The summed E-state index contributed by atoms with van der Waals surface area (Å²) >= 11 is 0. The first-order chi connectivity index (χ1) is 38.5. The number of allylic oxidation sites excluding steroid dienone is 22. The molecule has 0 aromatic heterocycles. The second-order valence-corrected chi connectivity index (χ2v) is 20.9. The van der Waals surface area contributed by atoms with Gasteiger partial charge >= 0.3 is 17.9 Å². The average Bonchev–Trinajstić information content (AvgIpc) is 3.44. The summed E-state index contributed by atoms with van der Waals surface area (Å²) in [6, 6.07) is 0. The van der Waals surface area contributed by atoms with Gasteiger partial charge in [-0.3, -0.25) is 14.4 Å². The third kappa shape index (κ3) is 62.4. The molecule has 442 valence electrons. The van der Waals surface area contributed by atoms with Crippen molar-refractivity contribution < 1.29 is 28.6 Å². The number of ether oxygens (including phenoxy) is 3. The van der Waals surface area contributed by atoms with Crippen LogP contribution in [0.2, 0.25) is 0 Å². The summed E-state index contributed by atoms with van der Waals surface area (Å²) in [6.45, 7) is 6.45. The van der Waals surface area contributed by atoms with E-state index in [0.717, 1.165) is 148 Å². The van der Waals surface area contributed by atoms with E-state index in [2.05, 4.69) is 154 Å². The Morgan fingerprint density at radius 1 is 0.269 bits per heavy atom. The van der Waals surface area contributed by atoms with Gasteiger partial charge in [-0.15, -0.1) is 0 Å². The lowest BCUT2D eigenvalue weighted by Gasteiger charge is -2.18. The van der Waals surface area contributed by atoms with Gasteiger partial charge in [0.05, 0.1) is 0 Å². The van der Waals surface area contributed by atoms with Crippen LogP contribution >= 0.6 is 0 Å². The van der Waals surface area contributed by atoms with Gasteiger partial charge in [0.15, 0.2) is 6.10 Å². The van der Waals surface area contributed by atoms with Crippen LogP contribution in [0.5, 0.6) is 0 Å². The molecule has 0 amide bonds. The number of rotatable bonds is 57. The second kappa shape index (κ2) is 65.1. The molecule has 0 aromatic rings. The Balaban J connectivity index is 4.33. The topological polar surface area (TPSA) is 78.9 Å². The highest BCUT2D eigenvalue weighted by Crippen LogP contribution is 2.15. The maximum atomic E-state index is 12.9. The minimum atomic E-state index is -0.797. The summed E-state index contributed by atoms with van der Waals surface area (Å²) in [5, 5.41) is 0. The number of esters is 3. The lowest BCUT2D eigenvalue weighted by molar-refractivity contribution is -0.167. The molecule has 0 aliphatic rings. The highest BCUT2D eigenvalue weighted by Gasteiger charge is 2.19. The van der Waals surface area contributed by atoms with Crippen LogP contribution in [0.15, 0.2) is 134 Å². The lowest BCUT2D eigenvalue weighted by Crippen LogP contribution is -2.30. The van der Waals surface area contributed by atoms with E-state index < -0.39 is 6.10 Å². The van der Waals surface area contributed by atoms with Crippen LogP contribution in [-0.2, 0) is 28.6 Å². The zero-order valence-electron chi connectivity index (χ0n) is 50.6. The van der Waals surface area contributed by atoms with E-state index >= 15 is 0 Å². The molecule has 0 saturated heterocycles. The fourth-order valence-electron chi connectivity index (χ4n) is 8.54. The summed E-state index contributed by atoms with van der Waals surface area (Å²) in [4.78, 5) is 38.3. The highest BCUT2D eigenvalue weighted by atomic mass is 16.6. The zero-order valence-corrected chi connectivity index (χ0v) is 50.6. The van der Waals surface area contributed by atoms with Crippen LogP contribution in [0.4, 0.5) is 0 Å². The molecule has 0 bridgehead atoms. The second-order valence-electron chi connectivity index (χ2n) is 20.9. The van der Waals surface area contributed by atoms with E-state index in [4.69, 9.17) is 14.2 Å². The van der Waals surface area contributed by atoms with Gasteiger partial charge < -0.3 is 14.2 Å². The van der Waals surface area contributed by atoms with Crippen molar-refractivity contribution in [1.82, 2.24) is 0 Å². The van der Waals surface area contributed by atoms with Gasteiger partial charge in [-0.25, -0.2) is 0 Å². The first-order valence-electron chi connectivity index (χ1n) is 32.2. The molecule has 1 atom stereocenters. The van der Waals surface area contributed by atoms with E-state index in [1.165, 1.54) is 96.3 Å². The molecule has 0 spiro atoms. The molecule has 0 radical (unpaired) electrons. The molecular weight excluding hydrogens is 961 g/mol. The quantitative estimate of drug-likeness (QED) is 0.0261. The maximum Gasteiger partial charge on any atom is 0.306 e. The maximum absolute atomic E-state index is 12.9. The molecular formula is C72H118O6. The van der Waals surface area contributed by atoms with Crippen LogP contribution in [0.1, 0.15) is 284 Å². The van der Waals surface area contributed by atoms with Crippen molar-refractivity contribution in [2.45, 2.75) is 290 Å². The van der Waals surface area contributed by atoms with Gasteiger partial charge in [-0.2, -0.15) is 0 Å². The molecule has 1 unspecified atom stereocenters. The van der Waals surface area contributed by atoms with Crippen molar-refractivity contribution in [3.63, 3.8) is 0 Å². The van der Waals surface area contributed by atoms with Crippen LogP contribution < -0.4 is 0 Å². The molecule has 0 aliphatic heterocycles. The summed E-state index contributed by atoms with van der Waals surface area (Å²) in [5.41, 5.74) is 0. The third-order valence-electron chi connectivity index (χ3n) is 13.4. The monoisotopic (exact) mass is 1080 g/mol. The summed E-state index contributed by atoms with van der Waals surface area (Å²) in [7, 11) is 0. The zero-order chi connectivity index (χ0) is 56.4. The first kappa shape index (κ1) is 73.5. The molecule has 0 aliphatic carbocycles. The number of carbonyl (C=O) groups excluding carboxylic acids is 3. The van der Waals surface area contributed by atoms with E-state index in [1.54, 1.807) is 0 Å². The van der Waals surface area contributed by atoms with Crippen molar-refractivity contribution in [3.05, 3.63) is 134 Å². The Labute approximate surface area is 481 Å². The minimum Gasteiger partial charge on any atom is -0.462 e. The molecule has 6 nitrogen and oxygen atoms in total. The number of carbonyl (C=O) groups is 3. The molecule has 6 heteroatoms. The molecule has 0 aromatic carbocycles. The van der Waals surface area contributed by atoms with Crippen molar-refractivity contribution in [3.8, 4) is 0 Å². The van der Waals surface area contributed by atoms with Gasteiger partial charge in [0.25, 0.3) is 0 Å². The molecule has 0 heterocycles. The van der Waals surface area contributed by atoms with Crippen LogP contribution in [0.3, 0.4) is 0 Å². The van der Waals surface area contributed by atoms with Crippen molar-refractivity contribution in [2.75, 3.05) is 13.2 Å². The van der Waals surface area contributed by atoms with Crippen LogP contribution in [0.25, 0.3) is 0 Å². The first-order valence-corrected chi connectivity index (χ1v) is 32.2. The number of hydrogen-bond donors (Lipinski definition) is 0. The van der Waals surface area contributed by atoms with Gasteiger partial charge in [-0.1, -0.05) is 257 Å². The average molecular weight is 1080 g/mol. The molecule has 0 fully saturated rings. The third-order valence-corrected chi connectivity index (χ3v) is 13.4. The molecule has 78 heavy (non-hydrogen) atoms. The molecule has 0 N–H and O–H groups in total. The van der Waals surface area contributed by atoms with E-state index in [-0.39, 0.29) is 31.1 Å². The Bertz CT molecular complexity index is 1670.